The number of para-hydroxylation sites is 2. The van der Waals surface area contributed by atoms with E-state index >= 15 is 0 Å². The van der Waals surface area contributed by atoms with Crippen molar-refractivity contribution in [1.29, 1.82) is 0 Å². The fourth-order valence-corrected chi connectivity index (χ4v) is 2.36. The number of anilines is 1. The Labute approximate surface area is 142 Å². The van der Waals surface area contributed by atoms with Crippen molar-refractivity contribution in [2.45, 2.75) is 6.61 Å². The second kappa shape index (κ2) is 7.15. The van der Waals surface area contributed by atoms with E-state index in [9.17, 15) is 4.79 Å². The van der Waals surface area contributed by atoms with Gasteiger partial charge in [-0.05, 0) is 45.8 Å². The molecule has 1 aromatic heterocycles. The molecule has 0 saturated heterocycles. The Morgan fingerprint density at radius 3 is 2.48 bits per heavy atom. The largest absolute Gasteiger partial charge is 0.487 e. The van der Waals surface area contributed by atoms with Crippen LogP contribution in [-0.2, 0) is 6.61 Å². The number of ether oxygens (including phenoxy) is 1. The van der Waals surface area contributed by atoms with Gasteiger partial charge in [0.15, 0.2) is 10.4 Å². The van der Waals surface area contributed by atoms with Gasteiger partial charge in [-0.25, -0.2) is 0 Å². The smallest absolute Gasteiger partial charge is 0.291 e. The lowest BCUT2D eigenvalue weighted by Gasteiger charge is -2.12. The number of hydrogen-bond donors (Lipinski definition) is 1. The van der Waals surface area contributed by atoms with Gasteiger partial charge in [0.25, 0.3) is 5.91 Å². The molecule has 4 nitrogen and oxygen atoms in total. The predicted molar refractivity (Wildman–Crippen MR) is 91.6 cm³/mol. The first-order chi connectivity index (χ1) is 11.2. The van der Waals surface area contributed by atoms with Crippen molar-refractivity contribution in [1.82, 2.24) is 0 Å². The maximum Gasteiger partial charge on any atom is 0.291 e. The second-order valence-corrected chi connectivity index (χ2v) is 5.61. The summed E-state index contributed by atoms with van der Waals surface area (Å²) in [6.07, 6.45) is 0. The molecule has 1 heterocycles. The predicted octanol–water partition coefficient (Wildman–Crippen LogP) is 4.87. The van der Waals surface area contributed by atoms with Gasteiger partial charge in [0, 0.05) is 0 Å². The molecule has 23 heavy (non-hydrogen) atoms. The minimum absolute atomic E-state index is 0.231. The summed E-state index contributed by atoms with van der Waals surface area (Å²) in [5, 5.41) is 2.80. The highest BCUT2D eigenvalue weighted by molar-refractivity contribution is 9.10. The molecule has 0 saturated carbocycles. The van der Waals surface area contributed by atoms with Crippen molar-refractivity contribution in [3.8, 4) is 5.75 Å². The van der Waals surface area contributed by atoms with Crippen molar-refractivity contribution in [2.75, 3.05) is 5.32 Å². The van der Waals surface area contributed by atoms with Crippen LogP contribution in [0.25, 0.3) is 0 Å². The fourth-order valence-electron chi connectivity index (χ4n) is 2.05. The number of furan rings is 1. The highest BCUT2D eigenvalue weighted by Gasteiger charge is 2.13. The Bertz CT molecular complexity index is 799. The minimum Gasteiger partial charge on any atom is -0.487 e. The fraction of sp³-hybridized carbons (Fsp3) is 0.0556. The lowest BCUT2D eigenvalue weighted by Crippen LogP contribution is -2.12. The topological polar surface area (TPSA) is 51.5 Å². The van der Waals surface area contributed by atoms with E-state index in [1.54, 1.807) is 18.2 Å². The molecule has 3 aromatic rings. The first kappa shape index (κ1) is 15.4. The maximum absolute atomic E-state index is 12.2. The number of hydrogen-bond acceptors (Lipinski definition) is 3. The molecule has 0 fully saturated rings. The van der Waals surface area contributed by atoms with Crippen molar-refractivity contribution in [3.63, 3.8) is 0 Å². The van der Waals surface area contributed by atoms with Crippen LogP contribution >= 0.6 is 15.9 Å². The van der Waals surface area contributed by atoms with E-state index in [-0.39, 0.29) is 11.7 Å². The van der Waals surface area contributed by atoms with Crippen molar-refractivity contribution < 1.29 is 13.9 Å². The zero-order valence-electron chi connectivity index (χ0n) is 12.2. The van der Waals surface area contributed by atoms with E-state index in [1.807, 2.05) is 48.5 Å². The molecule has 0 bridgehead atoms. The minimum atomic E-state index is -0.327. The number of nitrogens with one attached hydrogen (secondary N) is 1. The zero-order valence-corrected chi connectivity index (χ0v) is 13.7. The summed E-state index contributed by atoms with van der Waals surface area (Å²) in [6, 6.07) is 20.4. The molecule has 5 heteroatoms. The van der Waals surface area contributed by atoms with Crippen LogP contribution in [0, 0.1) is 0 Å². The SMILES string of the molecule is O=C(Nc1ccccc1OCc1ccccc1)c1ccc(Br)o1. The highest BCUT2D eigenvalue weighted by Crippen LogP contribution is 2.26. The van der Waals surface area contributed by atoms with E-state index in [1.165, 1.54) is 0 Å². The zero-order chi connectivity index (χ0) is 16.1. The van der Waals surface area contributed by atoms with Crippen molar-refractivity contribution >= 4 is 27.5 Å². The Hall–Kier alpha value is -2.53. The van der Waals surface area contributed by atoms with Crippen LogP contribution in [0.2, 0.25) is 0 Å². The van der Waals surface area contributed by atoms with Crippen LogP contribution in [0.3, 0.4) is 0 Å². The van der Waals surface area contributed by atoms with E-state index in [4.69, 9.17) is 9.15 Å². The first-order valence-corrected chi connectivity index (χ1v) is 7.84. The normalized spacial score (nSPS) is 10.3. The molecule has 1 N–H and O–H groups in total. The van der Waals surface area contributed by atoms with E-state index in [2.05, 4.69) is 21.2 Å². The van der Waals surface area contributed by atoms with Gasteiger partial charge in [0.05, 0.1) is 5.69 Å². The summed E-state index contributed by atoms with van der Waals surface area (Å²) in [6.45, 7) is 0.431. The van der Waals surface area contributed by atoms with Crippen LogP contribution < -0.4 is 10.1 Å². The van der Waals surface area contributed by atoms with Gasteiger partial charge in [0.1, 0.15) is 12.4 Å². The van der Waals surface area contributed by atoms with Crippen LogP contribution in [0.4, 0.5) is 5.69 Å². The number of amides is 1. The molecule has 3 rings (SSSR count). The Kier molecular flexibility index (Phi) is 4.78. The number of rotatable bonds is 5. The average Bonchev–Trinajstić information content (AvgIpc) is 3.02. The molecule has 0 spiro atoms. The molecule has 0 radical (unpaired) electrons. The number of benzene rings is 2. The molecular weight excluding hydrogens is 358 g/mol. The van der Waals surface area contributed by atoms with Gasteiger partial charge >= 0.3 is 0 Å². The van der Waals surface area contributed by atoms with Crippen LogP contribution in [-0.4, -0.2) is 5.91 Å². The molecule has 1 amide bonds. The molecule has 116 valence electrons. The first-order valence-electron chi connectivity index (χ1n) is 7.05. The van der Waals surface area contributed by atoms with E-state index in [0.29, 0.717) is 22.7 Å². The van der Waals surface area contributed by atoms with Gasteiger partial charge in [0.2, 0.25) is 0 Å². The summed E-state index contributed by atoms with van der Waals surface area (Å²) >= 11 is 3.18. The Morgan fingerprint density at radius 1 is 1.00 bits per heavy atom. The van der Waals surface area contributed by atoms with Gasteiger partial charge in [-0.2, -0.15) is 0 Å². The lowest BCUT2D eigenvalue weighted by molar-refractivity contribution is 0.0995. The van der Waals surface area contributed by atoms with Crippen molar-refractivity contribution in [2.24, 2.45) is 0 Å². The monoisotopic (exact) mass is 371 g/mol. The number of carbonyl (C=O) groups excluding carboxylic acids is 1. The van der Waals surface area contributed by atoms with Gasteiger partial charge in [-0.15, -0.1) is 0 Å². The van der Waals surface area contributed by atoms with Gasteiger partial charge in [-0.1, -0.05) is 42.5 Å². The summed E-state index contributed by atoms with van der Waals surface area (Å²) < 4.78 is 11.6. The third-order valence-corrected chi connectivity index (χ3v) is 3.60. The molecule has 2 aromatic carbocycles. The van der Waals surface area contributed by atoms with Gasteiger partial charge in [-0.3, -0.25) is 4.79 Å². The summed E-state index contributed by atoms with van der Waals surface area (Å²) in [5.41, 5.74) is 1.66. The summed E-state index contributed by atoms with van der Waals surface area (Å²) in [7, 11) is 0. The Morgan fingerprint density at radius 2 is 1.74 bits per heavy atom. The standard InChI is InChI=1S/C18H14BrNO3/c19-17-11-10-16(23-17)18(21)20-14-8-4-5-9-15(14)22-12-13-6-2-1-3-7-13/h1-11H,12H2,(H,20,21). The second-order valence-electron chi connectivity index (χ2n) is 4.83. The summed E-state index contributed by atoms with van der Waals surface area (Å²) in [5.74, 6) is 0.511. The summed E-state index contributed by atoms with van der Waals surface area (Å²) in [4.78, 5) is 12.2. The lowest BCUT2D eigenvalue weighted by atomic mass is 10.2. The quantitative estimate of drug-likeness (QED) is 0.695. The molecule has 0 aliphatic rings. The molecular formula is C18H14BrNO3. The maximum atomic E-state index is 12.2. The van der Waals surface area contributed by atoms with Crippen LogP contribution in [0.1, 0.15) is 16.1 Å². The highest BCUT2D eigenvalue weighted by atomic mass is 79.9. The van der Waals surface area contributed by atoms with Crippen LogP contribution in [0.15, 0.2) is 75.8 Å². The van der Waals surface area contributed by atoms with E-state index in [0.717, 1.165) is 5.56 Å². The number of carbonyl (C=O) groups is 1. The molecule has 0 atom stereocenters. The number of halogens is 1. The average molecular weight is 372 g/mol. The van der Waals surface area contributed by atoms with Crippen molar-refractivity contribution in [3.05, 3.63) is 82.7 Å². The third kappa shape index (κ3) is 4.02. The van der Waals surface area contributed by atoms with E-state index < -0.39 is 0 Å². The van der Waals surface area contributed by atoms with Crippen LogP contribution in [0.5, 0.6) is 5.75 Å². The Balaban J connectivity index is 1.71. The molecule has 0 aliphatic carbocycles. The van der Waals surface area contributed by atoms with Gasteiger partial charge < -0.3 is 14.5 Å². The third-order valence-electron chi connectivity index (χ3n) is 3.17. The molecule has 0 aliphatic heterocycles. The molecule has 0 unspecified atom stereocenters.